The maximum absolute atomic E-state index is 12.3. The fourth-order valence-corrected chi connectivity index (χ4v) is 2.95. The van der Waals surface area contributed by atoms with Crippen molar-refractivity contribution in [2.24, 2.45) is 0 Å². The number of aromatic nitrogens is 2. The van der Waals surface area contributed by atoms with E-state index in [1.807, 2.05) is 67.1 Å². The molecule has 0 spiro atoms. The van der Waals surface area contributed by atoms with Crippen LogP contribution in [0.25, 0.3) is 0 Å². The molecule has 0 radical (unpaired) electrons. The van der Waals surface area contributed by atoms with Crippen LogP contribution in [-0.4, -0.2) is 15.5 Å². The largest absolute Gasteiger partial charge is 0.348 e. The van der Waals surface area contributed by atoms with Gasteiger partial charge in [-0.15, -0.1) is 0 Å². The predicted molar refractivity (Wildman–Crippen MR) is 99.3 cm³/mol. The van der Waals surface area contributed by atoms with Gasteiger partial charge in [0.25, 0.3) is 5.91 Å². The van der Waals surface area contributed by atoms with Gasteiger partial charge in [0.1, 0.15) is 0 Å². The first-order valence-corrected chi connectivity index (χ1v) is 8.67. The van der Waals surface area contributed by atoms with E-state index < -0.39 is 0 Å². The molecular formula is C21H23N3O. The summed E-state index contributed by atoms with van der Waals surface area (Å²) in [6.07, 6.45) is 7.76. The second-order valence-corrected chi connectivity index (χ2v) is 6.10. The molecule has 2 aromatic carbocycles. The van der Waals surface area contributed by atoms with Crippen molar-refractivity contribution >= 4 is 5.91 Å². The molecule has 0 saturated heterocycles. The highest BCUT2D eigenvalue weighted by Gasteiger charge is 2.13. The van der Waals surface area contributed by atoms with Gasteiger partial charge in [0.2, 0.25) is 0 Å². The number of carbonyl (C=O) groups excluding carboxylic acids is 1. The topological polar surface area (TPSA) is 46.9 Å². The summed E-state index contributed by atoms with van der Waals surface area (Å²) in [6.45, 7) is 2.71. The molecule has 4 nitrogen and oxygen atoms in total. The minimum atomic E-state index is -0.0509. The van der Waals surface area contributed by atoms with Gasteiger partial charge in [0, 0.05) is 24.5 Å². The lowest BCUT2D eigenvalue weighted by atomic mass is 10.0. The van der Waals surface area contributed by atoms with Gasteiger partial charge in [-0.3, -0.25) is 4.79 Å². The molecule has 3 rings (SSSR count). The van der Waals surface area contributed by atoms with Gasteiger partial charge in [-0.2, -0.15) is 0 Å². The van der Waals surface area contributed by atoms with Crippen molar-refractivity contribution in [2.75, 3.05) is 0 Å². The Morgan fingerprint density at radius 1 is 1.12 bits per heavy atom. The molecule has 0 aliphatic carbocycles. The molecule has 0 aliphatic heterocycles. The van der Waals surface area contributed by atoms with E-state index in [-0.39, 0.29) is 11.9 Å². The van der Waals surface area contributed by atoms with Crippen molar-refractivity contribution in [3.05, 3.63) is 90.0 Å². The molecule has 0 bridgehead atoms. The van der Waals surface area contributed by atoms with Crippen LogP contribution in [0.15, 0.2) is 73.3 Å². The molecule has 3 aromatic rings. The van der Waals surface area contributed by atoms with Gasteiger partial charge in [0.15, 0.2) is 0 Å². The Balaban J connectivity index is 1.67. The molecule has 1 heterocycles. The first-order valence-electron chi connectivity index (χ1n) is 8.67. The first-order chi connectivity index (χ1) is 12.3. The fraction of sp³-hybridized carbons (Fsp3) is 0.238. The highest BCUT2D eigenvalue weighted by Crippen LogP contribution is 2.23. The summed E-state index contributed by atoms with van der Waals surface area (Å²) in [5.41, 5.74) is 2.97. The summed E-state index contributed by atoms with van der Waals surface area (Å²) in [5.74, 6) is -0.0509. The molecular weight excluding hydrogens is 310 g/mol. The molecule has 0 aliphatic rings. The summed E-state index contributed by atoms with van der Waals surface area (Å²) < 4.78 is 2.12. The second kappa shape index (κ2) is 8.29. The van der Waals surface area contributed by atoms with Crippen LogP contribution >= 0.6 is 0 Å². The molecule has 1 atom stereocenters. The third kappa shape index (κ3) is 4.35. The Bertz CT molecular complexity index is 780. The van der Waals surface area contributed by atoms with Gasteiger partial charge in [-0.25, -0.2) is 4.98 Å². The lowest BCUT2D eigenvalue weighted by Crippen LogP contribution is -2.22. The molecule has 25 heavy (non-hydrogen) atoms. The fourth-order valence-electron chi connectivity index (χ4n) is 2.95. The number of hydrogen-bond acceptors (Lipinski definition) is 2. The molecule has 1 unspecified atom stereocenters. The van der Waals surface area contributed by atoms with Crippen LogP contribution in [-0.2, 0) is 6.54 Å². The maximum atomic E-state index is 12.3. The highest BCUT2D eigenvalue weighted by atomic mass is 16.1. The van der Waals surface area contributed by atoms with E-state index in [2.05, 4.69) is 21.8 Å². The van der Waals surface area contributed by atoms with Crippen molar-refractivity contribution in [1.29, 1.82) is 0 Å². The summed E-state index contributed by atoms with van der Waals surface area (Å²) in [5, 5.41) is 2.96. The number of nitrogens with zero attached hydrogens (tertiary/aromatic N) is 2. The molecule has 1 amide bonds. The minimum Gasteiger partial charge on any atom is -0.348 e. The van der Waals surface area contributed by atoms with Crippen molar-refractivity contribution in [3.63, 3.8) is 0 Å². The molecule has 0 saturated carbocycles. The van der Waals surface area contributed by atoms with E-state index in [4.69, 9.17) is 0 Å². The van der Waals surface area contributed by atoms with Crippen LogP contribution in [0.4, 0.5) is 0 Å². The minimum absolute atomic E-state index is 0.0509. The van der Waals surface area contributed by atoms with E-state index in [0.29, 0.717) is 12.1 Å². The van der Waals surface area contributed by atoms with Crippen molar-refractivity contribution in [1.82, 2.24) is 14.9 Å². The van der Waals surface area contributed by atoms with Gasteiger partial charge in [-0.1, -0.05) is 55.8 Å². The number of imidazole rings is 1. The average molecular weight is 333 g/mol. The molecule has 1 aromatic heterocycles. The van der Waals surface area contributed by atoms with Gasteiger partial charge in [0.05, 0.1) is 12.4 Å². The maximum Gasteiger partial charge on any atom is 0.251 e. The average Bonchev–Trinajstić information content (AvgIpc) is 3.19. The molecule has 128 valence electrons. The molecule has 4 heteroatoms. The smallest absolute Gasteiger partial charge is 0.251 e. The van der Waals surface area contributed by atoms with E-state index in [9.17, 15) is 4.79 Å². The summed E-state index contributed by atoms with van der Waals surface area (Å²) >= 11 is 0. The standard InChI is InChI=1S/C21H23N3O/c1-2-6-20(24-14-13-22-16-24)18-9-11-19(12-10-18)21(25)23-15-17-7-4-3-5-8-17/h3-5,7-14,16,20H,2,6,15H2,1H3,(H,23,25). The number of amides is 1. The Kier molecular flexibility index (Phi) is 5.62. The van der Waals surface area contributed by atoms with Crippen LogP contribution in [0.1, 0.15) is 47.3 Å². The van der Waals surface area contributed by atoms with Crippen LogP contribution in [0.2, 0.25) is 0 Å². The van der Waals surface area contributed by atoms with Crippen LogP contribution in [0, 0.1) is 0 Å². The van der Waals surface area contributed by atoms with E-state index in [1.165, 1.54) is 5.56 Å². The van der Waals surface area contributed by atoms with Crippen molar-refractivity contribution in [2.45, 2.75) is 32.4 Å². The van der Waals surface area contributed by atoms with E-state index in [1.54, 1.807) is 6.20 Å². The summed E-state index contributed by atoms with van der Waals surface area (Å²) in [4.78, 5) is 16.5. The van der Waals surface area contributed by atoms with Crippen LogP contribution in [0.3, 0.4) is 0 Å². The Morgan fingerprint density at radius 3 is 2.52 bits per heavy atom. The lowest BCUT2D eigenvalue weighted by Gasteiger charge is -2.18. The summed E-state index contributed by atoms with van der Waals surface area (Å²) in [6, 6.07) is 18.1. The van der Waals surface area contributed by atoms with Crippen molar-refractivity contribution < 1.29 is 4.79 Å². The van der Waals surface area contributed by atoms with E-state index >= 15 is 0 Å². The Hall–Kier alpha value is -2.88. The summed E-state index contributed by atoms with van der Waals surface area (Å²) in [7, 11) is 0. The van der Waals surface area contributed by atoms with Gasteiger partial charge < -0.3 is 9.88 Å². The predicted octanol–water partition coefficient (Wildman–Crippen LogP) is 4.20. The monoisotopic (exact) mass is 333 g/mol. The number of hydrogen-bond donors (Lipinski definition) is 1. The highest BCUT2D eigenvalue weighted by molar-refractivity contribution is 5.94. The lowest BCUT2D eigenvalue weighted by molar-refractivity contribution is 0.0951. The third-order valence-corrected chi connectivity index (χ3v) is 4.30. The first kappa shape index (κ1) is 17.0. The number of rotatable bonds is 7. The molecule has 0 fully saturated rings. The van der Waals surface area contributed by atoms with Crippen LogP contribution in [0.5, 0.6) is 0 Å². The van der Waals surface area contributed by atoms with Crippen molar-refractivity contribution in [3.8, 4) is 0 Å². The zero-order valence-corrected chi connectivity index (χ0v) is 14.4. The molecule has 1 N–H and O–H groups in total. The zero-order chi connectivity index (χ0) is 17.5. The number of benzene rings is 2. The Morgan fingerprint density at radius 2 is 1.88 bits per heavy atom. The second-order valence-electron chi connectivity index (χ2n) is 6.10. The van der Waals surface area contributed by atoms with Crippen LogP contribution < -0.4 is 5.32 Å². The number of carbonyl (C=O) groups is 1. The third-order valence-electron chi connectivity index (χ3n) is 4.30. The quantitative estimate of drug-likeness (QED) is 0.704. The SMILES string of the molecule is CCCC(c1ccc(C(=O)NCc2ccccc2)cc1)n1ccnc1. The normalized spacial score (nSPS) is 11.9. The number of nitrogens with one attached hydrogen (secondary N) is 1. The van der Waals surface area contributed by atoms with Gasteiger partial charge >= 0.3 is 0 Å². The Labute approximate surface area is 148 Å². The van der Waals surface area contributed by atoms with Gasteiger partial charge in [-0.05, 0) is 29.7 Å². The zero-order valence-electron chi connectivity index (χ0n) is 14.4. The van der Waals surface area contributed by atoms with E-state index in [0.717, 1.165) is 18.4 Å².